The van der Waals surface area contributed by atoms with Crippen LogP contribution in [0.25, 0.3) is 0 Å². The number of piperidine rings is 1. The highest BCUT2D eigenvalue weighted by Gasteiger charge is 2.38. The third kappa shape index (κ3) is 12.9. The summed E-state index contributed by atoms with van der Waals surface area (Å²) >= 11 is 1.19. The van der Waals surface area contributed by atoms with Gasteiger partial charge in [0, 0.05) is 44.4 Å². The van der Waals surface area contributed by atoms with Crippen molar-refractivity contribution >= 4 is 41.0 Å². The molecule has 0 saturated carbocycles. The molecule has 3 rings (SSSR count). The van der Waals surface area contributed by atoms with Crippen LogP contribution in [0, 0.1) is 17.8 Å². The molecular formula is C39H59N5O8S. The largest absolute Gasteiger partial charge is 0.466 e. The maximum atomic E-state index is 14.1. The zero-order chi connectivity index (χ0) is 39.4. The van der Waals surface area contributed by atoms with E-state index in [0.29, 0.717) is 37.2 Å². The van der Waals surface area contributed by atoms with Gasteiger partial charge >= 0.3 is 11.9 Å². The van der Waals surface area contributed by atoms with E-state index in [4.69, 9.17) is 9.47 Å². The quantitative estimate of drug-likeness (QED) is 0.188. The van der Waals surface area contributed by atoms with Gasteiger partial charge in [0.05, 0.1) is 24.7 Å². The first kappa shape index (κ1) is 43.5. The summed E-state index contributed by atoms with van der Waals surface area (Å²) in [5.41, 5.74) is 1.15. The summed E-state index contributed by atoms with van der Waals surface area (Å²) in [5.74, 6) is -2.62. The number of nitrogens with one attached hydrogen (secondary N) is 2. The van der Waals surface area contributed by atoms with Crippen molar-refractivity contribution in [1.82, 2.24) is 25.4 Å². The van der Waals surface area contributed by atoms with E-state index in [9.17, 15) is 29.1 Å². The van der Waals surface area contributed by atoms with Crippen LogP contribution in [0.2, 0.25) is 0 Å². The number of carbonyl (C=O) groups excluding carboxylic acids is 5. The monoisotopic (exact) mass is 757 g/mol. The number of aliphatic hydroxyl groups excluding tert-OH is 1. The third-order valence-electron chi connectivity index (χ3n) is 9.77. The standard InChI is InChI=1S/C39H59N5O8S/c1-10-51-39(50)25(6)18-28(19-27-14-12-11-13-15-27)40-35(47)30-22-53-37(41-30)33(52-26(7)45)21-31(23(2)3)44(9)38(49)34(24(4)5)42-36(48)32-20-29(46)16-17-43(32)8/h11-15,22-25,28-29,31-34,46H,10,16-21H2,1-9H3,(H,40,47)(H,42,48)/t25-,28+,29+,31?,32+,33+,34-/m0/s1. The number of aliphatic hydroxyl groups is 1. The van der Waals surface area contributed by atoms with Gasteiger partial charge in [0.15, 0.2) is 6.10 Å². The highest BCUT2D eigenvalue weighted by molar-refractivity contribution is 7.09. The van der Waals surface area contributed by atoms with Crippen molar-refractivity contribution in [2.45, 2.75) is 117 Å². The first-order valence-corrected chi connectivity index (χ1v) is 19.5. The van der Waals surface area contributed by atoms with Crippen LogP contribution in [0.15, 0.2) is 35.7 Å². The van der Waals surface area contributed by atoms with E-state index in [2.05, 4.69) is 15.6 Å². The molecule has 1 saturated heterocycles. The predicted molar refractivity (Wildman–Crippen MR) is 203 cm³/mol. The molecule has 0 radical (unpaired) electrons. The lowest BCUT2D eigenvalue weighted by Crippen LogP contribution is -2.58. The van der Waals surface area contributed by atoms with Gasteiger partial charge in [-0.3, -0.25) is 28.9 Å². The summed E-state index contributed by atoms with van der Waals surface area (Å²) in [4.78, 5) is 73.9. The Morgan fingerprint density at radius 1 is 1.04 bits per heavy atom. The molecule has 1 unspecified atom stereocenters. The van der Waals surface area contributed by atoms with Gasteiger partial charge in [0.25, 0.3) is 5.91 Å². The first-order valence-electron chi connectivity index (χ1n) is 18.6. The fraction of sp³-hybridized carbons (Fsp3) is 0.641. The predicted octanol–water partition coefficient (Wildman–Crippen LogP) is 4.15. The van der Waals surface area contributed by atoms with Gasteiger partial charge < -0.3 is 30.1 Å². The second-order valence-corrected chi connectivity index (χ2v) is 15.7. The lowest BCUT2D eigenvalue weighted by molar-refractivity contribution is -0.149. The van der Waals surface area contributed by atoms with E-state index in [-0.39, 0.29) is 54.4 Å². The third-order valence-corrected chi connectivity index (χ3v) is 10.7. The van der Waals surface area contributed by atoms with E-state index >= 15 is 0 Å². The molecule has 14 heteroatoms. The second-order valence-electron chi connectivity index (χ2n) is 14.8. The van der Waals surface area contributed by atoms with Crippen molar-refractivity contribution in [1.29, 1.82) is 0 Å². The number of ether oxygens (including phenoxy) is 2. The molecule has 0 spiro atoms. The molecule has 1 aromatic carbocycles. The molecule has 1 fully saturated rings. The molecule has 1 aromatic heterocycles. The smallest absolute Gasteiger partial charge is 0.308 e. The Kier molecular flexibility index (Phi) is 16.9. The summed E-state index contributed by atoms with van der Waals surface area (Å²) in [6.45, 7) is 13.3. The normalized spacial score (nSPS) is 19.1. The number of rotatable bonds is 18. The Morgan fingerprint density at radius 2 is 1.72 bits per heavy atom. The number of nitrogens with zero attached hydrogens (tertiary/aromatic N) is 3. The van der Waals surface area contributed by atoms with Gasteiger partial charge in [0.2, 0.25) is 11.8 Å². The van der Waals surface area contributed by atoms with E-state index < -0.39 is 48.1 Å². The van der Waals surface area contributed by atoms with Gasteiger partial charge in [-0.1, -0.05) is 65.0 Å². The molecule has 2 heterocycles. The number of likely N-dealkylation sites (N-methyl/N-ethyl adjacent to an activating group) is 2. The summed E-state index contributed by atoms with van der Waals surface area (Å²) in [5, 5.41) is 18.2. The fourth-order valence-electron chi connectivity index (χ4n) is 6.71. The van der Waals surface area contributed by atoms with E-state index in [1.54, 1.807) is 31.2 Å². The molecule has 13 nitrogen and oxygen atoms in total. The maximum Gasteiger partial charge on any atom is 0.308 e. The summed E-state index contributed by atoms with van der Waals surface area (Å²) < 4.78 is 11.0. The Bertz CT molecular complexity index is 1520. The van der Waals surface area contributed by atoms with Crippen molar-refractivity contribution in [3.05, 3.63) is 52.0 Å². The minimum Gasteiger partial charge on any atom is -0.466 e. The molecule has 3 amide bonds. The van der Waals surface area contributed by atoms with Gasteiger partial charge in [-0.15, -0.1) is 11.3 Å². The lowest BCUT2D eigenvalue weighted by Gasteiger charge is -2.38. The maximum absolute atomic E-state index is 14.1. The Labute approximate surface area is 318 Å². The topological polar surface area (TPSA) is 167 Å². The summed E-state index contributed by atoms with van der Waals surface area (Å²) in [7, 11) is 3.52. The van der Waals surface area contributed by atoms with Crippen molar-refractivity contribution < 1.29 is 38.6 Å². The lowest BCUT2D eigenvalue weighted by atomic mass is 9.93. The SMILES string of the molecule is CCOC(=O)[C@@H](C)C[C@H](Cc1ccccc1)NC(=O)c1csc([C@@H](CC(C(C)C)N(C)C(=O)[C@@H](NC(=O)[C@H]2C[C@H](O)CCN2C)C(C)C)OC(C)=O)n1. The molecule has 2 aromatic rings. The van der Waals surface area contributed by atoms with Crippen LogP contribution in [-0.4, -0.2) is 107 Å². The number of benzene rings is 1. The van der Waals surface area contributed by atoms with Crippen LogP contribution in [0.3, 0.4) is 0 Å². The Hall–Kier alpha value is -3.88. The summed E-state index contributed by atoms with van der Waals surface area (Å²) in [6, 6.07) is 7.50. The number of likely N-dealkylation sites (tertiary alicyclic amines) is 1. The number of esters is 2. The van der Waals surface area contributed by atoms with Crippen LogP contribution in [-0.2, 0) is 35.1 Å². The number of thiazole rings is 1. The van der Waals surface area contributed by atoms with Gasteiger partial charge in [-0.2, -0.15) is 0 Å². The number of carbonyl (C=O) groups is 5. The number of hydrogen-bond acceptors (Lipinski definition) is 11. The number of hydrogen-bond donors (Lipinski definition) is 3. The zero-order valence-corrected chi connectivity index (χ0v) is 33.5. The summed E-state index contributed by atoms with van der Waals surface area (Å²) in [6.07, 6.45) is 0.523. The van der Waals surface area contributed by atoms with Crippen molar-refractivity contribution in [3.8, 4) is 0 Å². The highest BCUT2D eigenvalue weighted by Crippen LogP contribution is 2.31. The van der Waals surface area contributed by atoms with Gasteiger partial charge in [0.1, 0.15) is 16.7 Å². The first-order chi connectivity index (χ1) is 25.0. The second kappa shape index (κ2) is 20.5. The van der Waals surface area contributed by atoms with Gasteiger partial charge in [-0.25, -0.2) is 4.98 Å². The minimum atomic E-state index is -0.852. The average molecular weight is 758 g/mol. The van der Waals surface area contributed by atoms with E-state index in [1.165, 1.54) is 18.3 Å². The van der Waals surface area contributed by atoms with E-state index in [0.717, 1.165) is 5.56 Å². The zero-order valence-electron chi connectivity index (χ0n) is 32.7. The number of aromatic nitrogens is 1. The highest BCUT2D eigenvalue weighted by atomic mass is 32.1. The molecule has 1 aliphatic heterocycles. The van der Waals surface area contributed by atoms with Crippen molar-refractivity contribution in [2.24, 2.45) is 17.8 Å². The molecule has 0 bridgehead atoms. The molecule has 1 aliphatic rings. The van der Waals surface area contributed by atoms with Crippen LogP contribution in [0.1, 0.15) is 101 Å². The van der Waals surface area contributed by atoms with Crippen molar-refractivity contribution in [3.63, 3.8) is 0 Å². The minimum absolute atomic E-state index is 0.0759. The Morgan fingerprint density at radius 3 is 2.32 bits per heavy atom. The molecule has 3 N–H and O–H groups in total. The number of amides is 3. The molecule has 294 valence electrons. The van der Waals surface area contributed by atoms with Crippen LogP contribution in [0.4, 0.5) is 0 Å². The van der Waals surface area contributed by atoms with Crippen LogP contribution < -0.4 is 10.6 Å². The van der Waals surface area contributed by atoms with Gasteiger partial charge in [-0.05, 0) is 57.1 Å². The van der Waals surface area contributed by atoms with E-state index in [1.807, 2.05) is 70.0 Å². The van der Waals surface area contributed by atoms with Crippen molar-refractivity contribution in [2.75, 3.05) is 27.2 Å². The Balaban J connectivity index is 1.80. The van der Waals surface area contributed by atoms with Crippen LogP contribution >= 0.6 is 11.3 Å². The fourth-order valence-corrected chi connectivity index (χ4v) is 7.55. The average Bonchev–Trinajstić information content (AvgIpc) is 3.60. The molecule has 53 heavy (non-hydrogen) atoms. The molecular weight excluding hydrogens is 699 g/mol. The van der Waals surface area contributed by atoms with Crippen LogP contribution in [0.5, 0.6) is 0 Å². The molecule has 0 aliphatic carbocycles. The molecule has 7 atom stereocenters.